The summed E-state index contributed by atoms with van der Waals surface area (Å²) in [6, 6.07) is 5.73. The summed E-state index contributed by atoms with van der Waals surface area (Å²) in [4.78, 5) is 25.5. The highest BCUT2D eigenvalue weighted by atomic mass is 32.2. The van der Waals surface area contributed by atoms with E-state index in [4.69, 9.17) is 4.74 Å². The number of hydrogen-bond donors (Lipinski definition) is 1. The van der Waals surface area contributed by atoms with Crippen molar-refractivity contribution in [2.75, 3.05) is 12.4 Å². The highest BCUT2D eigenvalue weighted by Crippen LogP contribution is 2.33. The third kappa shape index (κ3) is 3.81. The number of hydrogen-bond acceptors (Lipinski definition) is 6. The van der Waals surface area contributed by atoms with Crippen LogP contribution < -0.4 is 5.32 Å². The van der Waals surface area contributed by atoms with Crippen molar-refractivity contribution in [2.24, 2.45) is 0 Å². The zero-order chi connectivity index (χ0) is 19.6. The maximum absolute atomic E-state index is 12.5. The molecule has 1 amide bonds. The minimum Gasteiger partial charge on any atom is -0.465 e. The number of methoxy groups -OCH3 is 1. The maximum Gasteiger partial charge on any atom is 0.341 e. The Balaban J connectivity index is 2.29. The summed E-state index contributed by atoms with van der Waals surface area (Å²) >= 11 is 1.29. The molecule has 1 N–H and O–H groups in total. The van der Waals surface area contributed by atoms with Gasteiger partial charge in [0, 0.05) is 10.4 Å². The molecule has 0 spiro atoms. The predicted octanol–water partition coefficient (Wildman–Crippen LogP) is 3.59. The van der Waals surface area contributed by atoms with Crippen molar-refractivity contribution in [3.63, 3.8) is 0 Å². The Morgan fingerprint density at radius 3 is 2.19 bits per heavy atom. The molecule has 0 bridgehead atoms. The summed E-state index contributed by atoms with van der Waals surface area (Å²) in [6.07, 6.45) is 0. The SMILES string of the molecule is COC(=O)c1c(NC(=O)c2ccc(S(=O)(=O)C(C)C)cc2)sc(C)c1C. The summed E-state index contributed by atoms with van der Waals surface area (Å²) < 4.78 is 29.1. The lowest BCUT2D eigenvalue weighted by Crippen LogP contribution is -2.16. The number of ether oxygens (including phenoxy) is 1. The Hall–Kier alpha value is -2.19. The molecule has 0 saturated heterocycles. The molecule has 1 aromatic heterocycles. The maximum atomic E-state index is 12.5. The van der Waals surface area contributed by atoms with Crippen molar-refractivity contribution < 1.29 is 22.7 Å². The Kier molecular flexibility index (Phi) is 5.87. The van der Waals surface area contributed by atoms with Gasteiger partial charge in [0.15, 0.2) is 9.84 Å². The van der Waals surface area contributed by atoms with Crippen LogP contribution in [0.4, 0.5) is 5.00 Å². The smallest absolute Gasteiger partial charge is 0.341 e. The molecular formula is C18H21NO5S2. The first-order valence-corrected chi connectivity index (χ1v) is 10.3. The van der Waals surface area contributed by atoms with E-state index in [-0.39, 0.29) is 4.90 Å². The van der Waals surface area contributed by atoms with Gasteiger partial charge >= 0.3 is 5.97 Å². The number of amides is 1. The minimum absolute atomic E-state index is 0.169. The second kappa shape index (κ2) is 7.59. The van der Waals surface area contributed by atoms with E-state index < -0.39 is 27.0 Å². The first-order chi connectivity index (χ1) is 12.1. The summed E-state index contributed by atoms with van der Waals surface area (Å²) in [5.41, 5.74) is 1.39. The lowest BCUT2D eigenvalue weighted by molar-refractivity contribution is 0.0601. The van der Waals surface area contributed by atoms with E-state index in [2.05, 4.69) is 5.32 Å². The van der Waals surface area contributed by atoms with Gasteiger partial charge in [0.1, 0.15) is 5.00 Å². The number of aryl methyl sites for hydroxylation is 1. The van der Waals surface area contributed by atoms with Crippen molar-refractivity contribution in [1.82, 2.24) is 0 Å². The number of nitrogens with one attached hydrogen (secondary N) is 1. The lowest BCUT2D eigenvalue weighted by atomic mass is 10.1. The van der Waals surface area contributed by atoms with Crippen molar-refractivity contribution >= 4 is 38.1 Å². The van der Waals surface area contributed by atoms with Crippen molar-refractivity contribution in [1.29, 1.82) is 0 Å². The van der Waals surface area contributed by atoms with Gasteiger partial charge in [-0.25, -0.2) is 13.2 Å². The normalized spacial score (nSPS) is 11.5. The molecule has 1 aromatic carbocycles. The molecule has 140 valence electrons. The molecule has 0 fully saturated rings. The minimum atomic E-state index is -3.39. The molecule has 0 aliphatic carbocycles. The first kappa shape index (κ1) is 20.1. The fourth-order valence-electron chi connectivity index (χ4n) is 2.31. The van der Waals surface area contributed by atoms with Gasteiger partial charge in [0.2, 0.25) is 0 Å². The zero-order valence-corrected chi connectivity index (χ0v) is 16.9. The molecule has 2 aromatic rings. The van der Waals surface area contributed by atoms with E-state index in [1.54, 1.807) is 20.8 Å². The van der Waals surface area contributed by atoms with E-state index in [0.717, 1.165) is 10.4 Å². The number of carbonyl (C=O) groups is 2. The molecule has 8 heteroatoms. The molecular weight excluding hydrogens is 374 g/mol. The van der Waals surface area contributed by atoms with Crippen LogP contribution in [-0.4, -0.2) is 32.7 Å². The average Bonchev–Trinajstić information content (AvgIpc) is 2.88. The van der Waals surface area contributed by atoms with Crippen LogP contribution >= 0.6 is 11.3 Å². The molecule has 0 aliphatic rings. The van der Waals surface area contributed by atoms with Gasteiger partial charge in [-0.2, -0.15) is 0 Å². The van der Waals surface area contributed by atoms with Crippen LogP contribution in [0.2, 0.25) is 0 Å². The van der Waals surface area contributed by atoms with Crippen LogP contribution in [0.5, 0.6) is 0 Å². The number of esters is 1. The predicted molar refractivity (Wildman–Crippen MR) is 102 cm³/mol. The van der Waals surface area contributed by atoms with Crippen molar-refractivity contribution in [3.8, 4) is 0 Å². The number of thiophene rings is 1. The van der Waals surface area contributed by atoms with Gasteiger partial charge in [-0.05, 0) is 57.5 Å². The van der Waals surface area contributed by atoms with Gasteiger partial charge in [-0.3, -0.25) is 4.79 Å². The van der Waals surface area contributed by atoms with Crippen LogP contribution in [-0.2, 0) is 14.6 Å². The highest BCUT2D eigenvalue weighted by molar-refractivity contribution is 7.92. The molecule has 0 unspecified atom stereocenters. The zero-order valence-electron chi connectivity index (χ0n) is 15.2. The Morgan fingerprint density at radius 2 is 1.69 bits per heavy atom. The van der Waals surface area contributed by atoms with E-state index in [9.17, 15) is 18.0 Å². The molecule has 0 atom stereocenters. The Morgan fingerprint density at radius 1 is 1.12 bits per heavy atom. The quantitative estimate of drug-likeness (QED) is 0.782. The van der Waals surface area contributed by atoms with E-state index in [1.807, 2.05) is 6.92 Å². The first-order valence-electron chi connectivity index (χ1n) is 7.93. The summed E-state index contributed by atoms with van der Waals surface area (Å²) in [5, 5.41) is 2.59. The van der Waals surface area contributed by atoms with Crippen molar-refractivity contribution in [3.05, 3.63) is 45.8 Å². The number of benzene rings is 1. The third-order valence-corrected chi connectivity index (χ3v) is 7.36. The van der Waals surface area contributed by atoms with Gasteiger partial charge < -0.3 is 10.1 Å². The van der Waals surface area contributed by atoms with Crippen molar-refractivity contribution in [2.45, 2.75) is 37.8 Å². The highest BCUT2D eigenvalue weighted by Gasteiger charge is 2.23. The van der Waals surface area contributed by atoms with E-state index in [1.165, 1.54) is 42.7 Å². The van der Waals surface area contributed by atoms with Gasteiger partial charge in [0.05, 0.1) is 22.8 Å². The summed E-state index contributed by atoms with van der Waals surface area (Å²) in [7, 11) is -2.11. The van der Waals surface area contributed by atoms with E-state index >= 15 is 0 Å². The largest absolute Gasteiger partial charge is 0.465 e. The van der Waals surface area contributed by atoms with Crippen LogP contribution in [0.3, 0.4) is 0 Å². The number of anilines is 1. The Labute approximate surface area is 157 Å². The van der Waals surface area contributed by atoms with Crippen LogP contribution in [0.15, 0.2) is 29.2 Å². The van der Waals surface area contributed by atoms with Gasteiger partial charge in [-0.1, -0.05) is 0 Å². The van der Waals surface area contributed by atoms with Crippen LogP contribution in [0.1, 0.15) is 45.0 Å². The Bertz CT molecular complexity index is 941. The van der Waals surface area contributed by atoms with Crippen LogP contribution in [0.25, 0.3) is 0 Å². The molecule has 26 heavy (non-hydrogen) atoms. The third-order valence-electron chi connectivity index (χ3n) is 4.07. The molecule has 1 heterocycles. The van der Waals surface area contributed by atoms with E-state index in [0.29, 0.717) is 16.1 Å². The second-order valence-corrected chi connectivity index (χ2v) is 9.78. The molecule has 6 nitrogen and oxygen atoms in total. The van der Waals surface area contributed by atoms with Gasteiger partial charge in [0.25, 0.3) is 5.91 Å². The summed E-state index contributed by atoms with van der Waals surface area (Å²) in [5.74, 6) is -0.939. The topological polar surface area (TPSA) is 89.5 Å². The number of carbonyl (C=O) groups excluding carboxylic acids is 2. The number of rotatable bonds is 5. The molecule has 0 saturated carbocycles. The fraction of sp³-hybridized carbons (Fsp3) is 0.333. The second-order valence-electron chi connectivity index (χ2n) is 6.05. The average molecular weight is 396 g/mol. The monoisotopic (exact) mass is 395 g/mol. The van der Waals surface area contributed by atoms with Crippen LogP contribution in [0, 0.1) is 13.8 Å². The molecule has 0 radical (unpaired) electrons. The lowest BCUT2D eigenvalue weighted by Gasteiger charge is -2.09. The summed E-state index contributed by atoms with van der Waals surface area (Å²) in [6.45, 7) is 6.85. The standard InChI is InChI=1S/C18H21NO5S2/c1-10(2)26(22,23)14-8-6-13(7-9-14)16(20)19-17-15(18(21)24-5)11(3)12(4)25-17/h6-10H,1-5H3,(H,19,20). The molecule has 0 aliphatic heterocycles. The number of sulfone groups is 1. The van der Waals surface area contributed by atoms with Gasteiger partial charge in [-0.15, -0.1) is 11.3 Å². The fourth-order valence-corrected chi connectivity index (χ4v) is 4.41. The molecule has 2 rings (SSSR count).